The number of amides is 4. The molecule has 2 aromatic heterocycles. The fourth-order valence-corrected chi connectivity index (χ4v) is 6.88. The lowest BCUT2D eigenvalue weighted by molar-refractivity contribution is -0.172. The van der Waals surface area contributed by atoms with E-state index in [1.807, 2.05) is 6.07 Å². The zero-order valence-electron chi connectivity index (χ0n) is 29.0. The Morgan fingerprint density at radius 2 is 1.75 bits per heavy atom. The number of rotatable bonds is 6. The van der Waals surface area contributed by atoms with E-state index in [1.165, 1.54) is 17.2 Å². The highest BCUT2D eigenvalue weighted by molar-refractivity contribution is 6.31. The highest BCUT2D eigenvalue weighted by atomic mass is 35.5. The number of phenols is 1. The Bertz CT molecular complexity index is 2030. The van der Waals surface area contributed by atoms with E-state index >= 15 is 0 Å². The number of phenolic OH excluding ortho intramolecular Hbond substituents is 1. The normalized spacial score (nSPS) is 18.6. The molecule has 0 saturated carbocycles. The fraction of sp³-hybridized carbons (Fsp3) is 0.342. The molecule has 0 unspecified atom stereocenters. The van der Waals surface area contributed by atoms with Gasteiger partial charge < -0.3 is 34.9 Å². The molecule has 53 heavy (non-hydrogen) atoms. The second kappa shape index (κ2) is 15.6. The van der Waals surface area contributed by atoms with Gasteiger partial charge in [0.2, 0.25) is 0 Å². The molecule has 4 amide bonds. The summed E-state index contributed by atoms with van der Waals surface area (Å²) in [6.07, 6.45) is 3.99. The molecule has 3 aliphatic rings. The van der Waals surface area contributed by atoms with Crippen molar-refractivity contribution in [2.45, 2.75) is 30.7 Å². The molecule has 15 heteroatoms. The maximum absolute atomic E-state index is 14.7. The van der Waals surface area contributed by atoms with Crippen molar-refractivity contribution in [2.24, 2.45) is 7.05 Å². The monoisotopic (exact) mass is 739 g/mol. The SMILES string of the molecule is Cn1cc(C#Cc2ccc(NC(=O)[C@@H]3COC4(CCOCC4)N3C(=O)[C@H](NC(=O)N3CCOCC3)c3ccccc3)nc2)c(-c2cc(Cl)ccc2O)n1. The van der Waals surface area contributed by atoms with Crippen LogP contribution < -0.4 is 10.6 Å². The van der Waals surface area contributed by atoms with E-state index in [0.29, 0.717) is 85.3 Å². The molecule has 2 aromatic carbocycles. The van der Waals surface area contributed by atoms with E-state index in [2.05, 4.69) is 32.6 Å². The molecule has 1 spiro atoms. The first-order chi connectivity index (χ1) is 25.7. The van der Waals surface area contributed by atoms with Gasteiger partial charge in [-0.1, -0.05) is 53.8 Å². The van der Waals surface area contributed by atoms with Crippen molar-refractivity contribution in [3.05, 3.63) is 94.8 Å². The van der Waals surface area contributed by atoms with E-state index < -0.39 is 35.7 Å². The van der Waals surface area contributed by atoms with E-state index in [-0.39, 0.29) is 18.2 Å². The Labute approximate surface area is 311 Å². The van der Waals surface area contributed by atoms with Gasteiger partial charge in [-0.25, -0.2) is 9.78 Å². The molecule has 5 heterocycles. The van der Waals surface area contributed by atoms with Crippen LogP contribution in [0.15, 0.2) is 73.1 Å². The Balaban J connectivity index is 1.11. The molecule has 4 aromatic rings. The number of morpholine rings is 1. The first kappa shape index (κ1) is 35.9. The Kier molecular flexibility index (Phi) is 10.6. The minimum absolute atomic E-state index is 0.0295. The van der Waals surface area contributed by atoms with Crippen LogP contribution in [0.1, 0.15) is 35.6 Å². The number of urea groups is 1. The van der Waals surface area contributed by atoms with Gasteiger partial charge in [-0.05, 0) is 35.9 Å². The highest BCUT2D eigenvalue weighted by Crippen LogP contribution is 2.39. The van der Waals surface area contributed by atoms with Crippen LogP contribution in [0.3, 0.4) is 0 Å². The van der Waals surface area contributed by atoms with Gasteiger partial charge in [0.25, 0.3) is 11.8 Å². The number of ether oxygens (including phenoxy) is 3. The maximum Gasteiger partial charge on any atom is 0.318 e. The number of anilines is 1. The summed E-state index contributed by atoms with van der Waals surface area (Å²) in [6.45, 7) is 2.26. The molecule has 0 radical (unpaired) electrons. The first-order valence-corrected chi connectivity index (χ1v) is 17.6. The van der Waals surface area contributed by atoms with Crippen molar-refractivity contribution in [3.63, 3.8) is 0 Å². The number of hydrogen-bond acceptors (Lipinski definition) is 9. The summed E-state index contributed by atoms with van der Waals surface area (Å²) in [4.78, 5) is 49.6. The predicted octanol–water partition coefficient (Wildman–Crippen LogP) is 3.70. The van der Waals surface area contributed by atoms with Gasteiger partial charge in [-0.2, -0.15) is 5.10 Å². The van der Waals surface area contributed by atoms with Crippen LogP contribution in [0.4, 0.5) is 10.6 Å². The molecule has 2 atom stereocenters. The summed E-state index contributed by atoms with van der Waals surface area (Å²) in [5, 5.41) is 21.1. The molecular weight excluding hydrogens is 702 g/mol. The summed E-state index contributed by atoms with van der Waals surface area (Å²) >= 11 is 6.17. The number of pyridine rings is 1. The van der Waals surface area contributed by atoms with Crippen LogP contribution in [0.25, 0.3) is 11.3 Å². The van der Waals surface area contributed by atoms with E-state index in [4.69, 9.17) is 25.8 Å². The van der Waals surface area contributed by atoms with Crippen LogP contribution in [-0.4, -0.2) is 105 Å². The lowest BCUT2D eigenvalue weighted by atomic mass is 9.97. The van der Waals surface area contributed by atoms with E-state index in [1.54, 1.807) is 71.4 Å². The zero-order valence-corrected chi connectivity index (χ0v) is 29.7. The van der Waals surface area contributed by atoms with Crippen molar-refractivity contribution in [1.29, 1.82) is 0 Å². The minimum Gasteiger partial charge on any atom is -0.507 e. The number of nitrogens with zero attached hydrogens (tertiary/aromatic N) is 5. The summed E-state index contributed by atoms with van der Waals surface area (Å²) in [5.41, 5.74) is 1.57. The first-order valence-electron chi connectivity index (χ1n) is 17.3. The highest BCUT2D eigenvalue weighted by Gasteiger charge is 2.54. The van der Waals surface area contributed by atoms with E-state index in [9.17, 15) is 19.5 Å². The molecule has 274 valence electrons. The number of carbonyl (C=O) groups excluding carboxylic acids is 3. The van der Waals surface area contributed by atoms with Gasteiger partial charge in [0, 0.05) is 61.5 Å². The van der Waals surface area contributed by atoms with Crippen molar-refractivity contribution < 1.29 is 33.7 Å². The van der Waals surface area contributed by atoms with Gasteiger partial charge in [-0.15, -0.1) is 0 Å². The maximum atomic E-state index is 14.7. The fourth-order valence-electron chi connectivity index (χ4n) is 6.71. The van der Waals surface area contributed by atoms with E-state index in [0.717, 1.165) is 0 Å². The molecule has 0 aliphatic carbocycles. The summed E-state index contributed by atoms with van der Waals surface area (Å²) in [7, 11) is 1.76. The number of hydrogen-bond donors (Lipinski definition) is 3. The minimum atomic E-state index is -1.09. The zero-order chi connectivity index (χ0) is 37.0. The molecule has 3 saturated heterocycles. The lowest BCUT2D eigenvalue weighted by Crippen LogP contribution is -2.60. The molecule has 0 bridgehead atoms. The van der Waals surface area contributed by atoms with Crippen LogP contribution in [0, 0.1) is 11.8 Å². The van der Waals surface area contributed by atoms with Gasteiger partial charge in [0.05, 0.1) is 38.6 Å². The average molecular weight is 740 g/mol. The number of nitrogens with one attached hydrogen (secondary N) is 2. The molecular formula is C38H38ClN7O7. The van der Waals surface area contributed by atoms with Crippen LogP contribution in [0.2, 0.25) is 5.02 Å². The van der Waals surface area contributed by atoms with Gasteiger partial charge in [-0.3, -0.25) is 19.2 Å². The second-order valence-electron chi connectivity index (χ2n) is 12.9. The third kappa shape index (κ3) is 7.84. The smallest absolute Gasteiger partial charge is 0.318 e. The largest absolute Gasteiger partial charge is 0.507 e. The third-order valence-corrected chi connectivity index (χ3v) is 9.65. The Morgan fingerprint density at radius 3 is 2.49 bits per heavy atom. The molecule has 3 N–H and O–H groups in total. The molecule has 14 nitrogen and oxygen atoms in total. The standard InChI is InChI=1S/C38H38ClN7O7/c1-44-23-27(33(43-44)29-21-28(39)10-11-31(29)47)9-7-25-8-12-32(40-22-25)41-35(48)30-24-53-38(13-17-51-18-14-38)46(30)36(49)34(26-5-3-2-4-6-26)42-37(50)45-15-19-52-20-16-45/h2-6,8,10-12,21-23,30,34,47H,13-20,24H2,1H3,(H,42,50)(H,40,41,48)/t30-,34+/m0/s1. The number of benzene rings is 2. The Morgan fingerprint density at radius 1 is 1.00 bits per heavy atom. The van der Waals surface area contributed by atoms with Crippen molar-refractivity contribution in [1.82, 2.24) is 29.9 Å². The van der Waals surface area contributed by atoms with Gasteiger partial charge >= 0.3 is 6.03 Å². The number of halogens is 1. The van der Waals surface area contributed by atoms with Crippen LogP contribution >= 0.6 is 11.6 Å². The van der Waals surface area contributed by atoms with Crippen LogP contribution in [-0.2, 0) is 30.8 Å². The summed E-state index contributed by atoms with van der Waals surface area (Å²) in [6, 6.07) is 14.5. The topological polar surface area (TPSA) is 160 Å². The van der Waals surface area contributed by atoms with Crippen LogP contribution in [0.5, 0.6) is 5.75 Å². The predicted molar refractivity (Wildman–Crippen MR) is 194 cm³/mol. The van der Waals surface area contributed by atoms with Crippen molar-refractivity contribution in [3.8, 4) is 28.8 Å². The Hall–Kier alpha value is -5.46. The number of aromatic nitrogens is 3. The summed E-state index contributed by atoms with van der Waals surface area (Å²) in [5.74, 6) is 5.48. The summed E-state index contributed by atoms with van der Waals surface area (Å²) < 4.78 is 18.9. The third-order valence-electron chi connectivity index (χ3n) is 9.42. The second-order valence-corrected chi connectivity index (χ2v) is 13.3. The molecule has 3 aliphatic heterocycles. The number of aromatic hydroxyl groups is 1. The average Bonchev–Trinajstić information content (AvgIpc) is 3.74. The van der Waals surface area contributed by atoms with Gasteiger partial charge in [0.15, 0.2) is 0 Å². The quantitative estimate of drug-likeness (QED) is 0.251. The van der Waals surface area contributed by atoms with Gasteiger partial charge in [0.1, 0.15) is 35.1 Å². The number of carbonyl (C=O) groups is 3. The molecule has 7 rings (SSSR count). The number of aryl methyl sites for hydroxylation is 1. The lowest BCUT2D eigenvalue weighted by Gasteiger charge is -2.42. The van der Waals surface area contributed by atoms with Crippen molar-refractivity contribution in [2.75, 3.05) is 51.4 Å². The van der Waals surface area contributed by atoms with Crippen molar-refractivity contribution >= 4 is 35.3 Å². The molecule has 3 fully saturated rings.